The molecule has 0 radical (unpaired) electrons. The van der Waals surface area contributed by atoms with E-state index < -0.39 is 34.7 Å². The normalized spacial score (nSPS) is 23.5. The Morgan fingerprint density at radius 3 is 1.86 bits per heavy atom. The molecule has 2 rings (SSSR count). The minimum absolute atomic E-state index is 0.167. The average Bonchev–Trinajstić information content (AvgIpc) is 2.69. The molecule has 0 heterocycles. The van der Waals surface area contributed by atoms with Crippen LogP contribution < -0.4 is 0 Å². The Hall–Kier alpha value is -3.10. The van der Waals surface area contributed by atoms with E-state index in [0.717, 1.165) is 12.2 Å². The summed E-state index contributed by atoms with van der Waals surface area (Å²) in [6.07, 6.45) is 2.92. The van der Waals surface area contributed by atoms with Crippen molar-refractivity contribution in [2.45, 2.75) is 25.0 Å². The van der Waals surface area contributed by atoms with Gasteiger partial charge < -0.3 is 19.7 Å². The van der Waals surface area contributed by atoms with Gasteiger partial charge in [0.1, 0.15) is 0 Å². The lowest BCUT2D eigenvalue weighted by Crippen LogP contribution is -2.65. The van der Waals surface area contributed by atoms with E-state index in [0.29, 0.717) is 5.56 Å². The van der Waals surface area contributed by atoms with Crippen molar-refractivity contribution in [2.24, 2.45) is 0 Å². The van der Waals surface area contributed by atoms with Gasteiger partial charge in [-0.3, -0.25) is 9.59 Å². The van der Waals surface area contributed by atoms with Gasteiger partial charge in [-0.2, -0.15) is 0 Å². The fraction of sp³-hybridized carbons (Fsp3) is 0.300. The first-order chi connectivity index (χ1) is 13.2. The van der Waals surface area contributed by atoms with Crippen LogP contribution in [0.25, 0.3) is 5.57 Å². The van der Waals surface area contributed by atoms with Gasteiger partial charge in [0.05, 0.1) is 13.2 Å². The Morgan fingerprint density at radius 2 is 1.36 bits per heavy atom. The van der Waals surface area contributed by atoms with Gasteiger partial charge >= 0.3 is 11.9 Å². The first kappa shape index (κ1) is 21.2. The number of ketones is 2. The van der Waals surface area contributed by atoms with Gasteiger partial charge in [-0.25, -0.2) is 9.59 Å². The number of ether oxygens (including phenoxy) is 2. The molecule has 0 spiro atoms. The summed E-state index contributed by atoms with van der Waals surface area (Å²) in [4.78, 5) is 49.0. The lowest BCUT2D eigenvalue weighted by atomic mass is 9.71. The molecule has 8 nitrogen and oxygen atoms in total. The fourth-order valence-electron chi connectivity index (χ4n) is 2.72. The second kappa shape index (κ2) is 8.28. The summed E-state index contributed by atoms with van der Waals surface area (Å²) in [5, 5.41) is 21.9. The Kier molecular flexibility index (Phi) is 6.27. The molecule has 1 aliphatic rings. The fourth-order valence-corrected chi connectivity index (χ4v) is 2.72. The van der Waals surface area contributed by atoms with Crippen molar-refractivity contribution in [1.82, 2.24) is 0 Å². The molecule has 1 aliphatic carbocycles. The maximum atomic E-state index is 12.6. The van der Waals surface area contributed by atoms with Crippen LogP contribution in [0.5, 0.6) is 0 Å². The van der Waals surface area contributed by atoms with Gasteiger partial charge in [-0.05, 0) is 37.1 Å². The predicted molar refractivity (Wildman–Crippen MR) is 96.7 cm³/mol. The zero-order valence-corrected chi connectivity index (χ0v) is 15.4. The minimum Gasteiger partial charge on any atom is -0.460 e. The van der Waals surface area contributed by atoms with Crippen LogP contribution >= 0.6 is 0 Å². The standard InChI is InChI=1S/C20H20O8/c1-3-27-17(23)15(21)19(25)11-10-14(13-8-6-5-7-9-13)12-20(19,26)16(22)18(24)28-4-2/h5-12,25-26H,3-4H2,1-2H3. The quantitative estimate of drug-likeness (QED) is 0.507. The molecular formula is C20H20O8. The van der Waals surface area contributed by atoms with Crippen LogP contribution in [0.15, 0.2) is 48.6 Å². The third-order valence-electron chi connectivity index (χ3n) is 4.17. The Labute approximate surface area is 161 Å². The summed E-state index contributed by atoms with van der Waals surface area (Å²) in [5.74, 6) is -6.10. The van der Waals surface area contributed by atoms with Crippen molar-refractivity contribution in [3.8, 4) is 0 Å². The number of esters is 2. The van der Waals surface area contributed by atoms with Crippen LogP contribution in [0.1, 0.15) is 19.4 Å². The number of allylic oxidation sites excluding steroid dienone is 2. The largest absolute Gasteiger partial charge is 0.460 e. The van der Waals surface area contributed by atoms with Crippen LogP contribution in [-0.2, 0) is 28.7 Å². The summed E-state index contributed by atoms with van der Waals surface area (Å²) >= 11 is 0. The van der Waals surface area contributed by atoms with Crippen LogP contribution in [-0.4, -0.2) is 58.1 Å². The third kappa shape index (κ3) is 3.64. The Morgan fingerprint density at radius 1 is 0.857 bits per heavy atom. The molecule has 148 valence electrons. The summed E-state index contributed by atoms with van der Waals surface area (Å²) < 4.78 is 9.18. The lowest BCUT2D eigenvalue weighted by molar-refractivity contribution is -0.179. The molecule has 0 saturated heterocycles. The van der Waals surface area contributed by atoms with Gasteiger partial charge in [0.2, 0.25) is 0 Å². The SMILES string of the molecule is CCOC(=O)C(=O)C1(O)C=CC(c2ccccc2)=CC1(O)C(=O)C(=O)OCC. The maximum Gasteiger partial charge on any atom is 0.378 e. The number of Topliss-reactive ketones (excluding diaryl/α,β-unsaturated/α-hetero) is 2. The summed E-state index contributed by atoms with van der Waals surface area (Å²) in [7, 11) is 0. The van der Waals surface area contributed by atoms with Crippen molar-refractivity contribution in [3.63, 3.8) is 0 Å². The Bertz CT molecular complexity index is 854. The molecule has 0 aromatic heterocycles. The molecule has 28 heavy (non-hydrogen) atoms. The van der Waals surface area contributed by atoms with Crippen molar-refractivity contribution >= 4 is 29.1 Å². The second-order valence-corrected chi connectivity index (χ2v) is 5.93. The molecule has 0 fully saturated rings. The van der Waals surface area contributed by atoms with E-state index in [9.17, 15) is 29.4 Å². The van der Waals surface area contributed by atoms with Crippen LogP contribution in [0.4, 0.5) is 0 Å². The molecule has 2 N–H and O–H groups in total. The van der Waals surface area contributed by atoms with Crippen molar-refractivity contribution in [1.29, 1.82) is 0 Å². The Balaban J connectivity index is 2.60. The number of rotatable bonds is 7. The van der Waals surface area contributed by atoms with Crippen LogP contribution in [0.2, 0.25) is 0 Å². The molecule has 2 unspecified atom stereocenters. The second-order valence-electron chi connectivity index (χ2n) is 5.93. The van der Waals surface area contributed by atoms with Gasteiger partial charge in [0.25, 0.3) is 11.6 Å². The van der Waals surface area contributed by atoms with Gasteiger partial charge in [0, 0.05) is 0 Å². The molecule has 0 aliphatic heterocycles. The topological polar surface area (TPSA) is 127 Å². The zero-order valence-electron chi connectivity index (χ0n) is 15.4. The van der Waals surface area contributed by atoms with E-state index in [1.165, 1.54) is 19.9 Å². The molecule has 8 heteroatoms. The van der Waals surface area contributed by atoms with Crippen LogP contribution in [0, 0.1) is 0 Å². The van der Waals surface area contributed by atoms with Gasteiger partial charge in [-0.15, -0.1) is 0 Å². The molecule has 2 atom stereocenters. The highest BCUT2D eigenvalue weighted by molar-refractivity contribution is 6.44. The number of hydrogen-bond acceptors (Lipinski definition) is 8. The number of hydrogen-bond donors (Lipinski definition) is 2. The monoisotopic (exact) mass is 388 g/mol. The first-order valence-electron chi connectivity index (χ1n) is 8.56. The van der Waals surface area contributed by atoms with E-state index in [4.69, 9.17) is 0 Å². The smallest absolute Gasteiger partial charge is 0.378 e. The van der Waals surface area contributed by atoms with E-state index in [1.54, 1.807) is 30.3 Å². The van der Waals surface area contributed by atoms with Crippen molar-refractivity contribution in [3.05, 3.63) is 54.1 Å². The summed E-state index contributed by atoms with van der Waals surface area (Å²) in [6.45, 7) is 2.54. The molecular weight excluding hydrogens is 368 g/mol. The number of carbonyl (C=O) groups excluding carboxylic acids is 4. The molecule has 1 aromatic carbocycles. The van der Waals surface area contributed by atoms with Crippen molar-refractivity contribution in [2.75, 3.05) is 13.2 Å². The number of aliphatic hydroxyl groups is 2. The highest BCUT2D eigenvalue weighted by atomic mass is 16.5. The third-order valence-corrected chi connectivity index (χ3v) is 4.17. The van der Waals surface area contributed by atoms with E-state index in [1.807, 2.05) is 0 Å². The van der Waals surface area contributed by atoms with Crippen LogP contribution in [0.3, 0.4) is 0 Å². The molecule has 0 saturated carbocycles. The maximum absolute atomic E-state index is 12.6. The highest BCUT2D eigenvalue weighted by Gasteiger charge is 2.62. The zero-order chi connectivity index (χ0) is 20.9. The average molecular weight is 388 g/mol. The summed E-state index contributed by atoms with van der Waals surface area (Å²) in [5.41, 5.74) is -5.31. The molecule has 0 bridgehead atoms. The van der Waals surface area contributed by atoms with Gasteiger partial charge in [-0.1, -0.05) is 36.4 Å². The van der Waals surface area contributed by atoms with E-state index in [-0.39, 0.29) is 18.8 Å². The lowest BCUT2D eigenvalue weighted by Gasteiger charge is -2.38. The summed E-state index contributed by atoms with van der Waals surface area (Å²) in [6, 6.07) is 8.45. The number of carbonyl (C=O) groups is 4. The van der Waals surface area contributed by atoms with E-state index >= 15 is 0 Å². The first-order valence-corrected chi connectivity index (χ1v) is 8.56. The minimum atomic E-state index is -3.07. The van der Waals surface area contributed by atoms with E-state index in [2.05, 4.69) is 9.47 Å². The molecule has 0 amide bonds. The molecule has 1 aromatic rings. The highest BCUT2D eigenvalue weighted by Crippen LogP contribution is 2.37. The van der Waals surface area contributed by atoms with Crippen molar-refractivity contribution < 1.29 is 38.9 Å². The number of benzene rings is 1. The predicted octanol–water partition coefficient (Wildman–Crippen LogP) is 0.366. The van der Waals surface area contributed by atoms with Gasteiger partial charge in [0.15, 0.2) is 11.2 Å².